The summed E-state index contributed by atoms with van der Waals surface area (Å²) in [6, 6.07) is 31.4. The van der Waals surface area contributed by atoms with Crippen molar-refractivity contribution in [1.29, 1.82) is 5.26 Å². The maximum atomic E-state index is 10.8. The number of nitriles is 1. The molecule has 0 aliphatic heterocycles. The fourth-order valence-corrected chi connectivity index (χ4v) is 9.36. The molecule has 2 heteroatoms. The first-order chi connectivity index (χ1) is 12.3. The normalized spacial score (nSPS) is 12.7. The van der Waals surface area contributed by atoms with Crippen LogP contribution in [0.1, 0.15) is 19.8 Å². The number of thiocyanates is 1. The Morgan fingerprint density at radius 2 is 1.04 bits per heavy atom. The first-order valence-electron chi connectivity index (χ1n) is 8.87. The molecule has 0 spiro atoms. The van der Waals surface area contributed by atoms with Crippen molar-refractivity contribution >= 4 is 9.16 Å². The summed E-state index contributed by atoms with van der Waals surface area (Å²) in [7, 11) is -3.17. The van der Waals surface area contributed by atoms with Gasteiger partial charge in [0, 0.05) is 0 Å². The topological polar surface area (TPSA) is 23.8 Å². The quantitative estimate of drug-likeness (QED) is 0.398. The predicted molar refractivity (Wildman–Crippen MR) is 108 cm³/mol. The Labute approximate surface area is 151 Å². The van der Waals surface area contributed by atoms with Crippen molar-refractivity contribution in [2.75, 3.05) is 5.75 Å². The Morgan fingerprint density at radius 3 is 1.32 bits per heavy atom. The maximum absolute atomic E-state index is 10.8. The lowest BCUT2D eigenvalue weighted by molar-refractivity contribution is 0.883. The van der Waals surface area contributed by atoms with Gasteiger partial charge in [0.15, 0.2) is 0 Å². The molecular formula is C23H25NS. The maximum Gasteiger partial charge on any atom is 0.108 e. The number of benzene rings is 3. The van der Waals surface area contributed by atoms with Crippen LogP contribution >= 0.6 is 9.16 Å². The van der Waals surface area contributed by atoms with Gasteiger partial charge in [-0.05, 0) is 26.9 Å². The Hall–Kier alpha value is -2.50. The third-order valence-electron chi connectivity index (χ3n) is 5.16. The highest BCUT2D eigenvalue weighted by Crippen LogP contribution is 2.85. The molecule has 0 unspecified atom stereocenters. The van der Waals surface area contributed by atoms with Gasteiger partial charge in [-0.3, -0.25) is 0 Å². The minimum atomic E-state index is -3.17. The molecule has 0 N–H and O–H groups in total. The first kappa shape index (κ1) is 17.3. The monoisotopic (exact) mass is 347 g/mol. The summed E-state index contributed by atoms with van der Waals surface area (Å²) in [6.07, 6.45) is 2.11. The van der Waals surface area contributed by atoms with E-state index in [1.165, 1.54) is 14.7 Å². The van der Waals surface area contributed by atoms with Crippen molar-refractivity contribution in [3.05, 3.63) is 91.0 Å². The standard InChI is InChI=1S/C23H25NS/c1-2-3-19-25(20-24,21-13-7-4-8-14-21,22-15-9-5-10-16-22)23-17-11-6-12-18-23/h4-18,25H,2-3,19H2,1H3. The van der Waals surface area contributed by atoms with Crippen LogP contribution in [0.3, 0.4) is 0 Å². The molecule has 3 aromatic carbocycles. The summed E-state index contributed by atoms with van der Waals surface area (Å²) < 4.78 is 0. The molecule has 3 rings (SSSR count). The van der Waals surface area contributed by atoms with Crippen LogP contribution in [0.5, 0.6) is 0 Å². The van der Waals surface area contributed by atoms with E-state index >= 15 is 0 Å². The van der Waals surface area contributed by atoms with Crippen molar-refractivity contribution in [1.82, 2.24) is 0 Å². The minimum absolute atomic E-state index is 0.886. The van der Waals surface area contributed by atoms with Crippen molar-refractivity contribution in [3.63, 3.8) is 0 Å². The highest BCUT2D eigenvalue weighted by molar-refractivity contribution is 8.53. The van der Waals surface area contributed by atoms with Gasteiger partial charge >= 0.3 is 0 Å². The van der Waals surface area contributed by atoms with Crippen molar-refractivity contribution < 1.29 is 0 Å². The summed E-state index contributed by atoms with van der Waals surface area (Å²) in [5.41, 5.74) is 0. The van der Waals surface area contributed by atoms with E-state index in [1.807, 2.05) is 18.2 Å². The van der Waals surface area contributed by atoms with E-state index in [-0.39, 0.29) is 0 Å². The Bertz CT molecular complexity index is 751. The SMILES string of the molecule is CCCC[SH](C#N)(c1ccccc1)(c1ccccc1)c1ccccc1. The molecule has 0 fully saturated rings. The predicted octanol–water partition coefficient (Wildman–Crippen LogP) is 6.52. The molecule has 1 nitrogen and oxygen atoms in total. The number of unbranched alkanes of at least 4 members (excludes halogenated alkanes) is 1. The Morgan fingerprint density at radius 1 is 0.680 bits per heavy atom. The van der Waals surface area contributed by atoms with Gasteiger partial charge in [-0.25, -0.2) is 0 Å². The van der Waals surface area contributed by atoms with E-state index in [0.29, 0.717) is 0 Å². The third kappa shape index (κ3) is 2.65. The minimum Gasteiger partial charge on any atom is -0.188 e. The summed E-state index contributed by atoms with van der Waals surface area (Å²) in [5.74, 6) is 0.886. The van der Waals surface area contributed by atoms with Gasteiger partial charge in [0.25, 0.3) is 0 Å². The summed E-state index contributed by atoms with van der Waals surface area (Å²) in [5, 5.41) is 13.8. The number of nitrogens with zero attached hydrogens (tertiary/aromatic N) is 1. The molecule has 0 aromatic heterocycles. The number of rotatable bonds is 6. The lowest BCUT2D eigenvalue weighted by Gasteiger charge is -2.57. The van der Waals surface area contributed by atoms with Crippen LogP contribution in [0.15, 0.2) is 106 Å². The molecule has 25 heavy (non-hydrogen) atoms. The van der Waals surface area contributed by atoms with E-state index in [4.69, 9.17) is 0 Å². The summed E-state index contributed by atoms with van der Waals surface area (Å²) >= 11 is 0. The van der Waals surface area contributed by atoms with Crippen LogP contribution in [0.25, 0.3) is 0 Å². The van der Waals surface area contributed by atoms with Gasteiger partial charge < -0.3 is 0 Å². The highest BCUT2D eigenvalue weighted by Gasteiger charge is 2.46. The lowest BCUT2D eigenvalue weighted by Crippen LogP contribution is -2.22. The lowest BCUT2D eigenvalue weighted by atomic mass is 10.3. The highest BCUT2D eigenvalue weighted by atomic mass is 32.3. The molecule has 0 atom stereocenters. The first-order valence-corrected chi connectivity index (χ1v) is 11.3. The molecule has 0 radical (unpaired) electrons. The number of thiol groups is 1. The fourth-order valence-electron chi connectivity index (χ4n) is 3.80. The smallest absolute Gasteiger partial charge is 0.108 e. The van der Waals surface area contributed by atoms with E-state index < -0.39 is 9.16 Å². The van der Waals surface area contributed by atoms with Gasteiger partial charge in [0.2, 0.25) is 0 Å². The van der Waals surface area contributed by atoms with Crippen molar-refractivity contribution in [3.8, 4) is 5.40 Å². The third-order valence-corrected chi connectivity index (χ3v) is 11.1. The average molecular weight is 348 g/mol. The molecule has 0 aliphatic carbocycles. The molecule has 0 bridgehead atoms. The van der Waals surface area contributed by atoms with E-state index in [1.54, 1.807) is 0 Å². The zero-order chi connectivity index (χ0) is 17.6. The second-order valence-corrected chi connectivity index (χ2v) is 11.3. The molecule has 128 valence electrons. The molecule has 0 amide bonds. The van der Waals surface area contributed by atoms with Crippen LogP contribution in [-0.2, 0) is 0 Å². The summed E-state index contributed by atoms with van der Waals surface area (Å²) in [4.78, 5) is 3.51. The van der Waals surface area contributed by atoms with Gasteiger partial charge in [-0.1, -0.05) is 104 Å². The molecule has 0 saturated heterocycles. The van der Waals surface area contributed by atoms with Crippen LogP contribution in [0, 0.1) is 10.7 Å². The second kappa shape index (κ2) is 7.17. The van der Waals surface area contributed by atoms with E-state index in [2.05, 4.69) is 85.1 Å². The van der Waals surface area contributed by atoms with Crippen molar-refractivity contribution in [2.45, 2.75) is 34.5 Å². The largest absolute Gasteiger partial charge is 0.188 e. The Balaban J connectivity index is 2.47. The van der Waals surface area contributed by atoms with Gasteiger partial charge in [0.05, 0.1) is 0 Å². The Kier molecular flexibility index (Phi) is 4.97. The molecular weight excluding hydrogens is 322 g/mol. The van der Waals surface area contributed by atoms with Gasteiger partial charge in [-0.15, -0.1) is 9.16 Å². The zero-order valence-corrected chi connectivity index (χ0v) is 15.6. The molecule has 0 heterocycles. The van der Waals surface area contributed by atoms with Gasteiger partial charge in [0.1, 0.15) is 5.40 Å². The number of hydrogen-bond donors (Lipinski definition) is 1. The summed E-state index contributed by atoms with van der Waals surface area (Å²) in [6.45, 7) is 2.20. The van der Waals surface area contributed by atoms with Crippen LogP contribution in [0.4, 0.5) is 0 Å². The van der Waals surface area contributed by atoms with Crippen LogP contribution in [-0.4, -0.2) is 5.75 Å². The molecule has 0 saturated carbocycles. The van der Waals surface area contributed by atoms with Gasteiger partial charge in [-0.2, -0.15) is 5.26 Å². The van der Waals surface area contributed by atoms with Crippen LogP contribution in [0.2, 0.25) is 0 Å². The molecule has 3 aromatic rings. The number of hydrogen-bond acceptors (Lipinski definition) is 1. The zero-order valence-electron chi connectivity index (χ0n) is 14.7. The van der Waals surface area contributed by atoms with Crippen LogP contribution < -0.4 is 0 Å². The second-order valence-electron chi connectivity index (χ2n) is 6.49. The fraction of sp³-hybridized carbons (Fsp3) is 0.174. The van der Waals surface area contributed by atoms with E-state index in [9.17, 15) is 5.26 Å². The molecule has 0 aliphatic rings. The van der Waals surface area contributed by atoms with E-state index in [0.717, 1.165) is 18.6 Å². The van der Waals surface area contributed by atoms with Crippen molar-refractivity contribution in [2.24, 2.45) is 0 Å². The average Bonchev–Trinajstić information content (AvgIpc) is 2.72.